The summed E-state index contributed by atoms with van der Waals surface area (Å²) in [6.45, 7) is 1.11. The first-order valence-electron chi connectivity index (χ1n) is 8.22. The second kappa shape index (κ2) is 9.41. The van der Waals surface area contributed by atoms with Crippen molar-refractivity contribution in [3.8, 4) is 5.75 Å². The lowest BCUT2D eigenvalue weighted by Gasteiger charge is -2.06. The Labute approximate surface area is 162 Å². The molecule has 130 valence electrons. The van der Waals surface area contributed by atoms with E-state index in [1.807, 2.05) is 24.7 Å². The molecule has 2 aromatic heterocycles. The number of aromatic hydroxyl groups is 1. The lowest BCUT2D eigenvalue weighted by Crippen LogP contribution is -1.94. The van der Waals surface area contributed by atoms with Gasteiger partial charge in [-0.2, -0.15) is 0 Å². The van der Waals surface area contributed by atoms with Crippen molar-refractivity contribution in [1.29, 1.82) is 0 Å². The van der Waals surface area contributed by atoms with Crippen molar-refractivity contribution in [3.05, 3.63) is 65.6 Å². The zero-order valence-corrected chi connectivity index (χ0v) is 16.9. The minimum Gasteiger partial charge on any atom is -0.508 e. The van der Waals surface area contributed by atoms with Gasteiger partial charge < -0.3 is 9.63 Å². The van der Waals surface area contributed by atoms with Gasteiger partial charge in [0, 0.05) is 24.0 Å². The Morgan fingerprint density at radius 1 is 0.960 bits per heavy atom. The number of pyridine rings is 2. The first-order valence-corrected chi connectivity index (χ1v) is 12.2. The summed E-state index contributed by atoms with van der Waals surface area (Å²) in [5.41, 5.74) is 4.53. The number of benzene rings is 1. The molecule has 0 amide bonds. The number of hydrogen-bond donors (Lipinski definition) is 1. The Kier molecular flexibility index (Phi) is 6.96. The average Bonchev–Trinajstić information content (AvgIpc) is 2.63. The molecule has 6 heteroatoms. The maximum Gasteiger partial charge on any atom is 0.116 e. The highest BCUT2D eigenvalue weighted by Gasteiger charge is 2.02. The quantitative estimate of drug-likeness (QED) is 0.276. The van der Waals surface area contributed by atoms with E-state index in [4.69, 9.17) is 4.52 Å². The summed E-state index contributed by atoms with van der Waals surface area (Å²) in [5, 5.41) is 10.6. The molecule has 2 heterocycles. The number of rotatable bonds is 8. The van der Waals surface area contributed by atoms with Crippen molar-refractivity contribution in [1.82, 2.24) is 9.97 Å². The Bertz CT molecular complexity index is 845. The van der Waals surface area contributed by atoms with Crippen LogP contribution in [0.4, 0.5) is 0 Å². The molecule has 0 fully saturated rings. The van der Waals surface area contributed by atoms with E-state index >= 15 is 0 Å². The van der Waals surface area contributed by atoms with Crippen LogP contribution in [0.5, 0.6) is 5.75 Å². The Morgan fingerprint density at radius 2 is 1.72 bits per heavy atom. The number of unbranched alkanes of at least 4 members (excludes halogenated alkanes) is 1. The van der Waals surface area contributed by atoms with E-state index in [1.54, 1.807) is 12.1 Å². The lowest BCUT2D eigenvalue weighted by atomic mass is 10.0. The monoisotopic (exact) mass is 466 g/mol. The van der Waals surface area contributed by atoms with Crippen LogP contribution >= 0.6 is 28.5 Å². The van der Waals surface area contributed by atoms with Gasteiger partial charge in [0.25, 0.3) is 0 Å². The number of hydrogen-bond acceptors (Lipinski definition) is 4. The van der Waals surface area contributed by atoms with E-state index in [1.165, 1.54) is 11.1 Å². The molecule has 4 nitrogen and oxygen atoms in total. The van der Waals surface area contributed by atoms with Crippen LogP contribution in [-0.4, -0.2) is 15.1 Å². The summed E-state index contributed by atoms with van der Waals surface area (Å²) >= 11 is 2.23. The van der Waals surface area contributed by atoms with E-state index < -0.39 is 0 Å². The predicted octanol–water partition coefficient (Wildman–Crippen LogP) is 5.36. The van der Waals surface area contributed by atoms with Crippen molar-refractivity contribution in [2.75, 3.05) is 0 Å². The van der Waals surface area contributed by atoms with E-state index in [9.17, 15) is 5.11 Å². The number of phenolic OH excluding ortho intramolecular Hbond substituents is 1. The largest absolute Gasteiger partial charge is 0.508 e. The summed E-state index contributed by atoms with van der Waals surface area (Å²) in [6, 6.07) is 9.58. The summed E-state index contributed by atoms with van der Waals surface area (Å²) in [7, 11) is 0. The van der Waals surface area contributed by atoms with Crippen molar-refractivity contribution >= 4 is 39.4 Å². The van der Waals surface area contributed by atoms with Crippen LogP contribution in [0.2, 0.25) is 0 Å². The number of fused-ring (bicyclic) bond motifs is 1. The molecule has 0 spiro atoms. The molecule has 1 N–H and O–H groups in total. The van der Waals surface area contributed by atoms with Crippen molar-refractivity contribution in [2.24, 2.45) is 0 Å². The highest BCUT2D eigenvalue weighted by atomic mass is 127. The van der Waals surface area contributed by atoms with Gasteiger partial charge >= 0.3 is 0 Å². The van der Waals surface area contributed by atoms with Crippen LogP contribution in [0, 0.1) is 0 Å². The smallest absolute Gasteiger partial charge is 0.116 e. The Hall–Kier alpha value is -1.30. The standard InChI is InChI=1S/C19H20IN2O2P/c20-25-24-13-16-7-14(10-21-11-16)3-1-2-4-15-8-17-9-18(23)5-6-19(17)22-12-15/h5-12,23,25H,1-4,13H2. The molecule has 3 rings (SSSR count). The fourth-order valence-corrected chi connectivity index (χ4v) is 3.52. The lowest BCUT2D eigenvalue weighted by molar-refractivity contribution is 0.360. The summed E-state index contributed by atoms with van der Waals surface area (Å²) in [5.74, 6) is 0.283. The van der Waals surface area contributed by atoms with Gasteiger partial charge in [0.1, 0.15) is 5.75 Å². The molecule has 0 aliphatic carbocycles. The highest BCUT2D eigenvalue weighted by molar-refractivity contribution is 14.2. The fourth-order valence-electron chi connectivity index (χ4n) is 2.83. The van der Waals surface area contributed by atoms with Crippen LogP contribution in [0.1, 0.15) is 29.5 Å². The third-order valence-corrected chi connectivity index (χ3v) is 5.23. The minimum absolute atomic E-state index is 0.283. The van der Waals surface area contributed by atoms with Gasteiger partial charge in [0.15, 0.2) is 0 Å². The number of halogens is 1. The number of aromatic nitrogens is 2. The van der Waals surface area contributed by atoms with Crippen LogP contribution in [-0.2, 0) is 24.0 Å². The van der Waals surface area contributed by atoms with Crippen LogP contribution < -0.4 is 0 Å². The molecular weight excluding hydrogens is 446 g/mol. The molecular formula is C19H20IN2O2P. The summed E-state index contributed by atoms with van der Waals surface area (Å²) < 4.78 is 5.45. The second-order valence-electron chi connectivity index (χ2n) is 5.99. The van der Waals surface area contributed by atoms with Gasteiger partial charge in [-0.05, 0) is 88.7 Å². The molecule has 0 radical (unpaired) electrons. The zero-order valence-electron chi connectivity index (χ0n) is 13.8. The molecule has 0 aliphatic rings. The van der Waals surface area contributed by atoms with Crippen LogP contribution in [0.25, 0.3) is 10.9 Å². The van der Waals surface area contributed by atoms with Crippen LogP contribution in [0.3, 0.4) is 0 Å². The van der Waals surface area contributed by atoms with Gasteiger partial charge in [0.2, 0.25) is 0 Å². The predicted molar refractivity (Wildman–Crippen MR) is 111 cm³/mol. The van der Waals surface area contributed by atoms with Crippen molar-refractivity contribution in [2.45, 2.75) is 32.3 Å². The average molecular weight is 466 g/mol. The van der Waals surface area contributed by atoms with E-state index in [-0.39, 0.29) is 5.75 Å². The van der Waals surface area contributed by atoms with Gasteiger partial charge in [-0.25, -0.2) is 0 Å². The third-order valence-electron chi connectivity index (χ3n) is 4.05. The Morgan fingerprint density at radius 3 is 2.52 bits per heavy atom. The first-order chi connectivity index (χ1) is 12.2. The second-order valence-corrected chi connectivity index (χ2v) is 7.76. The number of nitrogens with zero attached hydrogens (tertiary/aromatic N) is 2. The van der Waals surface area contributed by atoms with E-state index in [0.717, 1.165) is 42.1 Å². The zero-order chi connectivity index (χ0) is 17.5. The molecule has 0 saturated heterocycles. The third kappa shape index (κ3) is 5.59. The molecule has 1 aromatic carbocycles. The summed E-state index contributed by atoms with van der Waals surface area (Å²) in [4.78, 5) is 8.77. The summed E-state index contributed by atoms with van der Waals surface area (Å²) in [6.07, 6.45) is 9.97. The Balaban J connectivity index is 1.51. The topological polar surface area (TPSA) is 55.2 Å². The van der Waals surface area contributed by atoms with E-state index in [2.05, 4.69) is 44.1 Å². The van der Waals surface area contributed by atoms with Gasteiger partial charge in [-0.3, -0.25) is 9.97 Å². The van der Waals surface area contributed by atoms with Crippen molar-refractivity contribution < 1.29 is 9.63 Å². The molecule has 1 atom stereocenters. The number of phenols is 1. The molecule has 1 unspecified atom stereocenters. The number of aryl methyl sites for hydroxylation is 2. The van der Waals surface area contributed by atoms with Gasteiger partial charge in [-0.15, -0.1) is 0 Å². The molecule has 0 saturated carbocycles. The first kappa shape index (κ1) is 18.5. The SMILES string of the molecule is Oc1ccc2ncc(CCCCc3cncc(COPI)c3)cc2c1. The van der Waals surface area contributed by atoms with Crippen LogP contribution in [0.15, 0.2) is 48.9 Å². The van der Waals surface area contributed by atoms with Gasteiger partial charge in [0.05, 0.1) is 18.6 Å². The molecule has 0 aliphatic heterocycles. The molecule has 0 bridgehead atoms. The maximum atomic E-state index is 9.60. The van der Waals surface area contributed by atoms with Gasteiger partial charge in [-0.1, -0.05) is 6.07 Å². The van der Waals surface area contributed by atoms with Crippen molar-refractivity contribution in [3.63, 3.8) is 0 Å². The highest BCUT2D eigenvalue weighted by Crippen LogP contribution is 2.24. The normalized spacial score (nSPS) is 11.6. The maximum absolute atomic E-state index is 9.60. The van der Waals surface area contributed by atoms with E-state index in [0.29, 0.717) is 13.1 Å². The fraction of sp³-hybridized carbons (Fsp3) is 0.263. The minimum atomic E-state index is 0.283. The molecule has 25 heavy (non-hydrogen) atoms. The molecule has 3 aromatic rings.